The van der Waals surface area contributed by atoms with Gasteiger partial charge in [0.1, 0.15) is 0 Å². The maximum Gasteiger partial charge on any atom is 0.237 e. The van der Waals surface area contributed by atoms with Crippen LogP contribution in [0.4, 0.5) is 0 Å². The number of hydrogen-bond donors (Lipinski definition) is 3. The van der Waals surface area contributed by atoms with Crippen LogP contribution in [0.3, 0.4) is 0 Å². The van der Waals surface area contributed by atoms with Crippen molar-refractivity contribution in [3.63, 3.8) is 0 Å². The third-order valence-electron chi connectivity index (χ3n) is 4.31. The Morgan fingerprint density at radius 2 is 1.94 bits per heavy atom. The van der Waals surface area contributed by atoms with E-state index in [4.69, 9.17) is 0 Å². The van der Waals surface area contributed by atoms with Gasteiger partial charge in [-0.3, -0.25) is 4.79 Å². The van der Waals surface area contributed by atoms with Crippen LogP contribution in [0.5, 0.6) is 0 Å². The molecule has 4 heteroatoms. The normalized spacial score (nSPS) is 24.9. The molecule has 0 saturated carbocycles. The van der Waals surface area contributed by atoms with Gasteiger partial charge in [-0.15, -0.1) is 0 Å². The Hall–Kier alpha value is -0.610. The molecule has 0 aliphatic carbocycles. The van der Waals surface area contributed by atoms with Crippen LogP contribution in [-0.2, 0) is 4.79 Å². The molecule has 1 saturated heterocycles. The summed E-state index contributed by atoms with van der Waals surface area (Å²) >= 11 is 0. The molecule has 0 bridgehead atoms. The third kappa shape index (κ3) is 3.68. The minimum absolute atomic E-state index is 0.0290. The van der Waals surface area contributed by atoms with E-state index in [1.54, 1.807) is 0 Å². The van der Waals surface area contributed by atoms with Gasteiger partial charge in [0.05, 0.1) is 12.1 Å². The van der Waals surface area contributed by atoms with Gasteiger partial charge in [0.2, 0.25) is 5.91 Å². The fourth-order valence-corrected chi connectivity index (χ4v) is 2.44. The first-order valence-electron chi connectivity index (χ1n) is 6.76. The van der Waals surface area contributed by atoms with Crippen LogP contribution in [0.1, 0.15) is 46.5 Å². The number of amides is 1. The Bertz CT molecular complexity index is 244. The molecule has 4 nitrogen and oxygen atoms in total. The minimum atomic E-state index is -0.376. The highest BCUT2D eigenvalue weighted by Gasteiger charge is 2.30. The molecule has 0 aromatic heterocycles. The number of aliphatic hydroxyl groups is 1. The van der Waals surface area contributed by atoms with E-state index in [1.165, 1.54) is 0 Å². The lowest BCUT2D eigenvalue weighted by molar-refractivity contribution is -0.123. The molecule has 1 amide bonds. The largest absolute Gasteiger partial charge is 0.392 e. The van der Waals surface area contributed by atoms with Crippen molar-refractivity contribution in [3.05, 3.63) is 0 Å². The van der Waals surface area contributed by atoms with Gasteiger partial charge in [0.15, 0.2) is 0 Å². The topological polar surface area (TPSA) is 61.4 Å². The van der Waals surface area contributed by atoms with Crippen molar-refractivity contribution in [1.29, 1.82) is 0 Å². The summed E-state index contributed by atoms with van der Waals surface area (Å²) in [6.45, 7) is 7.80. The summed E-state index contributed by atoms with van der Waals surface area (Å²) in [5, 5.41) is 15.4. The first kappa shape index (κ1) is 14.5. The molecule has 2 unspecified atom stereocenters. The van der Waals surface area contributed by atoms with Crippen LogP contribution in [0.2, 0.25) is 0 Å². The molecule has 1 aliphatic rings. The monoisotopic (exact) mass is 242 g/mol. The SMILES string of the molecule is CCC(CC)(CC)CNC(=O)C1CC(O)CN1. The molecule has 1 fully saturated rings. The van der Waals surface area contributed by atoms with Gasteiger partial charge in [0.25, 0.3) is 0 Å². The van der Waals surface area contributed by atoms with Crippen LogP contribution in [-0.4, -0.2) is 36.2 Å². The molecule has 0 spiro atoms. The number of rotatable bonds is 6. The van der Waals surface area contributed by atoms with Crippen LogP contribution < -0.4 is 10.6 Å². The molecular weight excluding hydrogens is 216 g/mol. The Labute approximate surface area is 104 Å². The smallest absolute Gasteiger partial charge is 0.237 e. The molecular formula is C13H26N2O2. The molecule has 100 valence electrons. The second-order valence-electron chi connectivity index (χ2n) is 5.13. The predicted molar refractivity (Wildman–Crippen MR) is 68.7 cm³/mol. The predicted octanol–water partition coefficient (Wildman–Crippen LogP) is 1.04. The van der Waals surface area contributed by atoms with Crippen molar-refractivity contribution in [2.24, 2.45) is 5.41 Å². The zero-order valence-electron chi connectivity index (χ0n) is 11.3. The van der Waals surface area contributed by atoms with E-state index in [-0.39, 0.29) is 23.5 Å². The summed E-state index contributed by atoms with van der Waals surface area (Å²) in [5.74, 6) is 0.0290. The molecule has 1 heterocycles. The van der Waals surface area contributed by atoms with Crippen molar-refractivity contribution in [1.82, 2.24) is 10.6 Å². The summed E-state index contributed by atoms with van der Waals surface area (Å²) in [5.41, 5.74) is 0.229. The average Bonchev–Trinajstić information content (AvgIpc) is 2.78. The second kappa shape index (κ2) is 6.36. The van der Waals surface area contributed by atoms with Crippen LogP contribution in [0.25, 0.3) is 0 Å². The van der Waals surface area contributed by atoms with Crippen molar-refractivity contribution < 1.29 is 9.90 Å². The quantitative estimate of drug-likeness (QED) is 0.652. The van der Waals surface area contributed by atoms with E-state index in [0.717, 1.165) is 25.8 Å². The van der Waals surface area contributed by atoms with E-state index in [9.17, 15) is 9.90 Å². The van der Waals surface area contributed by atoms with Crippen LogP contribution in [0.15, 0.2) is 0 Å². The van der Waals surface area contributed by atoms with Gasteiger partial charge in [0, 0.05) is 13.1 Å². The number of β-amino-alcohol motifs (C(OH)–C–C–N with tert-alkyl or cyclic N) is 1. The van der Waals surface area contributed by atoms with Gasteiger partial charge in [-0.2, -0.15) is 0 Å². The first-order chi connectivity index (χ1) is 8.06. The number of aliphatic hydroxyl groups excluding tert-OH is 1. The highest BCUT2D eigenvalue weighted by Crippen LogP contribution is 2.29. The summed E-state index contributed by atoms with van der Waals surface area (Å²) in [6.07, 6.45) is 3.41. The summed E-state index contributed by atoms with van der Waals surface area (Å²) in [7, 11) is 0. The fraction of sp³-hybridized carbons (Fsp3) is 0.923. The number of nitrogens with one attached hydrogen (secondary N) is 2. The Morgan fingerprint density at radius 3 is 2.35 bits per heavy atom. The van der Waals surface area contributed by atoms with Gasteiger partial charge in [-0.1, -0.05) is 20.8 Å². The lowest BCUT2D eigenvalue weighted by atomic mass is 9.80. The summed E-state index contributed by atoms with van der Waals surface area (Å²) in [6, 6.07) is -0.215. The average molecular weight is 242 g/mol. The van der Waals surface area contributed by atoms with E-state index < -0.39 is 0 Å². The number of carbonyl (C=O) groups excluding carboxylic acids is 1. The maximum atomic E-state index is 11.9. The van der Waals surface area contributed by atoms with Gasteiger partial charge < -0.3 is 15.7 Å². The molecule has 1 rings (SSSR count). The molecule has 1 aliphatic heterocycles. The van der Waals surface area contributed by atoms with E-state index in [2.05, 4.69) is 31.4 Å². The van der Waals surface area contributed by atoms with E-state index in [1.807, 2.05) is 0 Å². The molecule has 0 aromatic carbocycles. The lowest BCUT2D eigenvalue weighted by Gasteiger charge is -2.31. The maximum absolute atomic E-state index is 11.9. The Balaban J connectivity index is 2.41. The Kier molecular flexibility index (Phi) is 5.40. The van der Waals surface area contributed by atoms with Gasteiger partial charge in [-0.25, -0.2) is 0 Å². The minimum Gasteiger partial charge on any atom is -0.392 e. The molecule has 0 radical (unpaired) electrons. The highest BCUT2D eigenvalue weighted by atomic mass is 16.3. The molecule has 0 aromatic rings. The standard InChI is InChI=1S/C13H26N2O2/c1-4-13(5-2,6-3)9-15-12(17)11-7-10(16)8-14-11/h10-11,14,16H,4-9H2,1-3H3,(H,15,17). The highest BCUT2D eigenvalue weighted by molar-refractivity contribution is 5.82. The summed E-state index contributed by atoms with van der Waals surface area (Å²) < 4.78 is 0. The molecule has 3 N–H and O–H groups in total. The van der Waals surface area contributed by atoms with Crippen molar-refractivity contribution in [2.45, 2.75) is 58.6 Å². The van der Waals surface area contributed by atoms with E-state index >= 15 is 0 Å². The van der Waals surface area contributed by atoms with Crippen molar-refractivity contribution in [3.8, 4) is 0 Å². The molecule has 17 heavy (non-hydrogen) atoms. The van der Waals surface area contributed by atoms with Gasteiger partial charge in [-0.05, 0) is 31.1 Å². The Morgan fingerprint density at radius 1 is 1.35 bits per heavy atom. The number of carbonyl (C=O) groups is 1. The summed E-state index contributed by atoms with van der Waals surface area (Å²) in [4.78, 5) is 11.9. The second-order valence-corrected chi connectivity index (χ2v) is 5.13. The third-order valence-corrected chi connectivity index (χ3v) is 4.31. The number of hydrogen-bond acceptors (Lipinski definition) is 3. The van der Waals surface area contributed by atoms with Crippen molar-refractivity contribution >= 4 is 5.91 Å². The zero-order chi connectivity index (χ0) is 12.9. The van der Waals surface area contributed by atoms with Crippen molar-refractivity contribution in [2.75, 3.05) is 13.1 Å². The fourth-order valence-electron chi connectivity index (χ4n) is 2.44. The molecule has 2 atom stereocenters. The lowest BCUT2D eigenvalue weighted by Crippen LogP contribution is -2.44. The van der Waals surface area contributed by atoms with Gasteiger partial charge >= 0.3 is 0 Å². The van der Waals surface area contributed by atoms with Crippen LogP contribution >= 0.6 is 0 Å². The zero-order valence-corrected chi connectivity index (χ0v) is 11.3. The van der Waals surface area contributed by atoms with E-state index in [0.29, 0.717) is 13.0 Å². The first-order valence-corrected chi connectivity index (χ1v) is 6.76. The van der Waals surface area contributed by atoms with Crippen LogP contribution in [0, 0.1) is 5.41 Å².